The predicted octanol–water partition coefficient (Wildman–Crippen LogP) is 2.80. The first-order chi connectivity index (χ1) is 17.9. The summed E-state index contributed by atoms with van der Waals surface area (Å²) in [5.74, 6) is -0.513. The molecule has 0 spiro atoms. The molecule has 196 valence electrons. The summed E-state index contributed by atoms with van der Waals surface area (Å²) in [6.45, 7) is 0.624. The number of alkyl carbamates (subject to hydrolysis) is 1. The Labute approximate surface area is 214 Å². The van der Waals surface area contributed by atoms with Gasteiger partial charge < -0.3 is 30.3 Å². The third-order valence-electron chi connectivity index (χ3n) is 5.70. The molecule has 3 amide bonds. The molecule has 0 unspecified atom stereocenters. The van der Waals surface area contributed by atoms with E-state index in [1.165, 1.54) is 13.2 Å². The number of fused-ring (bicyclic) bond motifs is 1. The molecule has 0 aliphatic carbocycles. The van der Waals surface area contributed by atoms with Gasteiger partial charge in [0.15, 0.2) is 0 Å². The van der Waals surface area contributed by atoms with Crippen molar-refractivity contribution in [1.29, 1.82) is 0 Å². The van der Waals surface area contributed by atoms with Gasteiger partial charge in [-0.1, -0.05) is 36.8 Å². The molecule has 3 rings (SSSR count). The number of methoxy groups -OCH3 is 1. The number of unbranched alkanes of at least 4 members (excludes halogenated alkanes) is 2. The number of hydrogen-bond donors (Lipinski definition) is 3. The lowest BCUT2D eigenvalue weighted by Crippen LogP contribution is -2.45. The molecule has 1 heterocycles. The fraction of sp³-hybridized carbons (Fsp3) is 0.333. The van der Waals surface area contributed by atoms with Crippen LogP contribution in [0.2, 0.25) is 0 Å². The zero-order valence-corrected chi connectivity index (χ0v) is 20.7. The fourth-order valence-corrected chi connectivity index (χ4v) is 3.77. The van der Waals surface area contributed by atoms with Gasteiger partial charge in [-0.2, -0.15) is 0 Å². The summed E-state index contributed by atoms with van der Waals surface area (Å²) in [4.78, 5) is 48.2. The number of nitrogens with two attached hydrogens (primary N) is 1. The van der Waals surface area contributed by atoms with Crippen LogP contribution in [0, 0.1) is 0 Å². The second-order valence-corrected chi connectivity index (χ2v) is 8.48. The lowest BCUT2D eigenvalue weighted by atomic mass is 10.0. The molecule has 10 nitrogen and oxygen atoms in total. The van der Waals surface area contributed by atoms with Gasteiger partial charge in [-0.25, -0.2) is 9.59 Å². The van der Waals surface area contributed by atoms with E-state index in [1.54, 1.807) is 18.2 Å². The molecule has 0 radical (unpaired) electrons. The number of rotatable bonds is 13. The zero-order valence-electron chi connectivity index (χ0n) is 20.7. The van der Waals surface area contributed by atoms with Crippen LogP contribution in [-0.4, -0.2) is 37.6 Å². The van der Waals surface area contributed by atoms with Gasteiger partial charge in [0.1, 0.15) is 24.0 Å². The number of carbonyl (C=O) groups is 3. The number of benzene rings is 2. The molecule has 0 saturated carbocycles. The van der Waals surface area contributed by atoms with Crippen LogP contribution >= 0.6 is 0 Å². The highest BCUT2D eigenvalue weighted by Gasteiger charge is 2.20. The summed E-state index contributed by atoms with van der Waals surface area (Å²) >= 11 is 0. The van der Waals surface area contributed by atoms with E-state index in [0.717, 1.165) is 5.56 Å². The van der Waals surface area contributed by atoms with Crippen molar-refractivity contribution in [1.82, 2.24) is 10.6 Å². The van der Waals surface area contributed by atoms with Crippen molar-refractivity contribution < 1.29 is 28.3 Å². The first-order valence-electron chi connectivity index (χ1n) is 12.0. The highest BCUT2D eigenvalue weighted by atomic mass is 16.5. The molecule has 0 aliphatic rings. The highest BCUT2D eigenvalue weighted by molar-refractivity contribution is 5.88. The fourth-order valence-electron chi connectivity index (χ4n) is 3.77. The van der Waals surface area contributed by atoms with Gasteiger partial charge >= 0.3 is 11.7 Å². The first-order valence-corrected chi connectivity index (χ1v) is 12.0. The Balaban J connectivity index is 1.41. The van der Waals surface area contributed by atoms with Gasteiger partial charge in [-0.3, -0.25) is 9.59 Å². The molecule has 1 atom stereocenters. The normalized spacial score (nSPS) is 11.5. The molecule has 10 heteroatoms. The van der Waals surface area contributed by atoms with Crippen molar-refractivity contribution in [3.05, 3.63) is 76.1 Å². The molecule has 3 aromatic rings. The van der Waals surface area contributed by atoms with Crippen LogP contribution in [0.25, 0.3) is 11.0 Å². The smallest absolute Gasteiger partial charge is 0.407 e. The van der Waals surface area contributed by atoms with Crippen LogP contribution in [-0.2, 0) is 27.4 Å². The van der Waals surface area contributed by atoms with E-state index in [9.17, 15) is 19.2 Å². The molecule has 0 fully saturated rings. The molecular formula is C27H31N3O7. The van der Waals surface area contributed by atoms with Gasteiger partial charge in [0.05, 0.1) is 7.11 Å². The molecule has 2 aromatic carbocycles. The molecule has 4 N–H and O–H groups in total. The summed E-state index contributed by atoms with van der Waals surface area (Å²) in [5, 5.41) is 5.95. The minimum atomic E-state index is -0.986. The molecule has 0 bridgehead atoms. The maximum atomic E-state index is 12.4. The number of primary amides is 1. The molecule has 0 saturated heterocycles. The Morgan fingerprint density at radius 1 is 1.03 bits per heavy atom. The number of nitrogens with one attached hydrogen (secondary N) is 2. The van der Waals surface area contributed by atoms with E-state index in [2.05, 4.69) is 10.6 Å². The Morgan fingerprint density at radius 3 is 2.54 bits per heavy atom. The number of hydrogen-bond acceptors (Lipinski definition) is 7. The highest BCUT2D eigenvalue weighted by Crippen LogP contribution is 2.23. The van der Waals surface area contributed by atoms with Gasteiger partial charge in [-0.05, 0) is 36.1 Å². The largest absolute Gasteiger partial charge is 0.497 e. The van der Waals surface area contributed by atoms with Crippen LogP contribution in [0.1, 0.15) is 36.8 Å². The Bertz CT molecular complexity index is 1270. The third-order valence-corrected chi connectivity index (χ3v) is 5.70. The maximum Gasteiger partial charge on any atom is 0.407 e. The third kappa shape index (κ3) is 8.68. The van der Waals surface area contributed by atoms with E-state index in [4.69, 9.17) is 19.6 Å². The van der Waals surface area contributed by atoms with Crippen LogP contribution < -0.4 is 26.7 Å². The summed E-state index contributed by atoms with van der Waals surface area (Å²) in [6, 6.07) is 14.7. The minimum absolute atomic E-state index is 0.0461. The van der Waals surface area contributed by atoms with Gasteiger partial charge in [0.25, 0.3) is 0 Å². The molecule has 0 aliphatic heterocycles. The van der Waals surface area contributed by atoms with Crippen LogP contribution in [0.15, 0.2) is 63.8 Å². The summed E-state index contributed by atoms with van der Waals surface area (Å²) in [7, 11) is 1.50. The zero-order chi connectivity index (χ0) is 26.6. The van der Waals surface area contributed by atoms with Gasteiger partial charge in [-0.15, -0.1) is 0 Å². The topological polar surface area (TPSA) is 150 Å². The van der Waals surface area contributed by atoms with Crippen LogP contribution in [0.4, 0.5) is 4.79 Å². The monoisotopic (exact) mass is 509 g/mol. The lowest BCUT2D eigenvalue weighted by molar-refractivity contribution is -0.127. The van der Waals surface area contributed by atoms with E-state index >= 15 is 0 Å². The van der Waals surface area contributed by atoms with Gasteiger partial charge in [0.2, 0.25) is 11.8 Å². The maximum absolute atomic E-state index is 12.4. The Kier molecular flexibility index (Phi) is 10.1. The standard InChI is InChI=1S/C27H31N3O7/c1-35-20-11-12-21-19(15-25(32)37-23(21)16-20)14-22(26(28)33)30-24(31)10-6-3-7-13-29-27(34)36-17-18-8-4-2-5-9-18/h2,4-5,8-9,11-12,15-16,22H,3,6-7,10,13-14,17H2,1H3,(H2,28,33)(H,29,34)(H,30,31)/t22-/m0/s1. The molecule has 37 heavy (non-hydrogen) atoms. The van der Waals surface area contributed by atoms with Crippen molar-refractivity contribution in [2.45, 2.75) is 44.8 Å². The number of ether oxygens (including phenoxy) is 2. The van der Waals surface area contributed by atoms with Crippen LogP contribution in [0.5, 0.6) is 5.75 Å². The first kappa shape index (κ1) is 27.3. The minimum Gasteiger partial charge on any atom is -0.497 e. The van der Waals surface area contributed by atoms with Crippen molar-refractivity contribution >= 4 is 28.9 Å². The van der Waals surface area contributed by atoms with E-state index in [1.807, 2.05) is 30.3 Å². The van der Waals surface area contributed by atoms with Crippen molar-refractivity contribution in [2.75, 3.05) is 13.7 Å². The van der Waals surface area contributed by atoms with Crippen LogP contribution in [0.3, 0.4) is 0 Å². The average molecular weight is 510 g/mol. The summed E-state index contributed by atoms with van der Waals surface area (Å²) in [6.07, 6.45) is 1.67. The van der Waals surface area contributed by atoms with Gasteiger partial charge in [0, 0.05) is 36.9 Å². The van der Waals surface area contributed by atoms with E-state index in [-0.39, 0.29) is 25.4 Å². The molecule has 1 aromatic heterocycles. The summed E-state index contributed by atoms with van der Waals surface area (Å²) in [5.41, 5.74) is 6.69. The second-order valence-electron chi connectivity index (χ2n) is 8.48. The van der Waals surface area contributed by atoms with Crippen molar-refractivity contribution in [3.8, 4) is 5.75 Å². The van der Waals surface area contributed by atoms with Crippen molar-refractivity contribution in [2.24, 2.45) is 5.73 Å². The van der Waals surface area contributed by atoms with E-state index < -0.39 is 23.7 Å². The average Bonchev–Trinajstić information content (AvgIpc) is 2.89. The number of amides is 3. The Morgan fingerprint density at radius 2 is 1.81 bits per heavy atom. The van der Waals surface area contributed by atoms with E-state index in [0.29, 0.717) is 48.1 Å². The number of carbonyl (C=O) groups excluding carboxylic acids is 3. The summed E-state index contributed by atoms with van der Waals surface area (Å²) < 4.78 is 15.5. The second kappa shape index (κ2) is 13.7. The van der Waals surface area contributed by atoms with Crippen molar-refractivity contribution in [3.63, 3.8) is 0 Å². The predicted molar refractivity (Wildman–Crippen MR) is 137 cm³/mol. The lowest BCUT2D eigenvalue weighted by Gasteiger charge is -2.16. The SMILES string of the molecule is COc1ccc2c(C[C@H](NC(=O)CCCCCNC(=O)OCc3ccccc3)C(N)=O)cc(=O)oc2c1. The quantitative estimate of drug-likeness (QED) is 0.237. The Hall–Kier alpha value is -4.34. The molecular weight excluding hydrogens is 478 g/mol.